The van der Waals surface area contributed by atoms with Crippen LogP contribution in [0, 0.1) is 11.3 Å². The first-order valence-electron chi connectivity index (χ1n) is 9.01. The Balaban J connectivity index is 1.52. The van der Waals surface area contributed by atoms with Crippen molar-refractivity contribution in [1.82, 2.24) is 10.9 Å². The molecule has 7 nitrogen and oxygen atoms in total. The van der Waals surface area contributed by atoms with Gasteiger partial charge in [-0.2, -0.15) is 5.26 Å². The number of hydrogen-bond acceptors (Lipinski definition) is 5. The highest BCUT2D eigenvalue weighted by molar-refractivity contribution is 5.97. The summed E-state index contributed by atoms with van der Waals surface area (Å²) in [6, 6.07) is 16.0. The highest BCUT2D eigenvalue weighted by atomic mass is 16.5. The molecule has 2 N–H and O–H groups in total. The lowest BCUT2D eigenvalue weighted by molar-refractivity contribution is -0.128. The quantitative estimate of drug-likeness (QED) is 0.498. The number of rotatable bonds is 6. The zero-order chi connectivity index (χ0) is 20.6. The number of nitrogens with one attached hydrogen (secondary N) is 2. The van der Waals surface area contributed by atoms with Gasteiger partial charge in [-0.1, -0.05) is 25.1 Å². The molecule has 2 aromatic carbocycles. The van der Waals surface area contributed by atoms with Crippen LogP contribution in [-0.4, -0.2) is 18.4 Å². The van der Waals surface area contributed by atoms with E-state index >= 15 is 0 Å². The van der Waals surface area contributed by atoms with Crippen LogP contribution >= 0.6 is 0 Å². The number of para-hydroxylation sites is 1. The molecule has 0 radical (unpaired) electrons. The number of ether oxygens (including phenoxy) is 1. The number of furan rings is 1. The average molecular weight is 389 g/mol. The predicted molar refractivity (Wildman–Crippen MR) is 108 cm³/mol. The van der Waals surface area contributed by atoms with Gasteiger partial charge in [0.25, 0.3) is 11.8 Å². The van der Waals surface area contributed by atoms with Crippen molar-refractivity contribution in [3.63, 3.8) is 0 Å². The molecule has 0 bridgehead atoms. The molecular formula is C22H19N3O4. The molecule has 0 fully saturated rings. The molecule has 3 aromatic rings. The number of aryl methyl sites for hydroxylation is 1. The van der Waals surface area contributed by atoms with Crippen molar-refractivity contribution in [2.75, 3.05) is 6.61 Å². The Morgan fingerprint density at radius 3 is 2.62 bits per heavy atom. The Morgan fingerprint density at radius 1 is 1.14 bits per heavy atom. The smallest absolute Gasteiger partial charge is 0.276 e. The minimum atomic E-state index is -0.515. The SMILES string of the molecule is CCc1oc2ccccc2c1/C=C/C(=O)NNC(=O)COc1ccc(C#N)cc1. The van der Waals surface area contributed by atoms with Crippen LogP contribution in [0.3, 0.4) is 0 Å². The summed E-state index contributed by atoms with van der Waals surface area (Å²) in [6.45, 7) is 1.70. The number of hydrazine groups is 1. The number of carbonyl (C=O) groups excluding carboxylic acids is 2. The number of nitrogens with zero attached hydrogens (tertiary/aromatic N) is 1. The van der Waals surface area contributed by atoms with Crippen LogP contribution < -0.4 is 15.6 Å². The summed E-state index contributed by atoms with van der Waals surface area (Å²) in [5, 5.41) is 9.67. The van der Waals surface area contributed by atoms with Gasteiger partial charge in [-0.05, 0) is 36.4 Å². The summed E-state index contributed by atoms with van der Waals surface area (Å²) in [7, 11) is 0. The molecular weight excluding hydrogens is 370 g/mol. The average Bonchev–Trinajstić information content (AvgIpc) is 3.12. The minimum Gasteiger partial charge on any atom is -0.484 e. The number of hydrogen-bond donors (Lipinski definition) is 2. The van der Waals surface area contributed by atoms with Gasteiger partial charge in [-0.25, -0.2) is 0 Å². The van der Waals surface area contributed by atoms with Crippen molar-refractivity contribution >= 4 is 28.9 Å². The van der Waals surface area contributed by atoms with E-state index in [9.17, 15) is 9.59 Å². The van der Waals surface area contributed by atoms with Gasteiger partial charge in [0.2, 0.25) is 0 Å². The second-order valence-electron chi connectivity index (χ2n) is 6.08. The third-order valence-electron chi connectivity index (χ3n) is 4.11. The lowest BCUT2D eigenvalue weighted by Gasteiger charge is -2.07. The molecule has 0 aliphatic heterocycles. The fourth-order valence-electron chi connectivity index (χ4n) is 2.70. The molecule has 0 atom stereocenters. The number of benzene rings is 2. The van der Waals surface area contributed by atoms with Crippen molar-refractivity contribution in [2.45, 2.75) is 13.3 Å². The molecule has 0 spiro atoms. The topological polar surface area (TPSA) is 104 Å². The Kier molecular flexibility index (Phi) is 6.28. The van der Waals surface area contributed by atoms with Crippen molar-refractivity contribution in [1.29, 1.82) is 5.26 Å². The van der Waals surface area contributed by atoms with E-state index in [1.807, 2.05) is 37.3 Å². The summed E-state index contributed by atoms with van der Waals surface area (Å²) in [6.07, 6.45) is 3.69. The second-order valence-corrected chi connectivity index (χ2v) is 6.08. The Hall–Kier alpha value is -4.05. The normalized spacial score (nSPS) is 10.6. The Morgan fingerprint density at radius 2 is 1.90 bits per heavy atom. The zero-order valence-corrected chi connectivity index (χ0v) is 15.8. The van der Waals surface area contributed by atoms with Crippen LogP contribution in [0.4, 0.5) is 0 Å². The Labute approximate surface area is 167 Å². The lowest BCUT2D eigenvalue weighted by Crippen LogP contribution is -2.43. The predicted octanol–water partition coefficient (Wildman–Crippen LogP) is 3.11. The fourth-order valence-corrected chi connectivity index (χ4v) is 2.70. The fraction of sp³-hybridized carbons (Fsp3) is 0.136. The van der Waals surface area contributed by atoms with Gasteiger partial charge >= 0.3 is 0 Å². The maximum Gasteiger partial charge on any atom is 0.276 e. The second kappa shape index (κ2) is 9.24. The summed E-state index contributed by atoms with van der Waals surface area (Å²) >= 11 is 0. The molecule has 29 heavy (non-hydrogen) atoms. The van der Waals surface area contributed by atoms with Crippen LogP contribution in [-0.2, 0) is 16.0 Å². The number of fused-ring (bicyclic) bond motifs is 1. The zero-order valence-electron chi connectivity index (χ0n) is 15.8. The van der Waals surface area contributed by atoms with Gasteiger partial charge < -0.3 is 9.15 Å². The van der Waals surface area contributed by atoms with E-state index in [0.29, 0.717) is 17.7 Å². The molecule has 1 heterocycles. The highest BCUT2D eigenvalue weighted by Gasteiger charge is 2.10. The molecule has 0 saturated heterocycles. The molecule has 0 aliphatic carbocycles. The minimum absolute atomic E-state index is 0.276. The number of amides is 2. The summed E-state index contributed by atoms with van der Waals surface area (Å²) < 4.78 is 11.1. The number of carbonyl (C=O) groups is 2. The van der Waals surface area contributed by atoms with Crippen molar-refractivity contribution in [2.24, 2.45) is 0 Å². The van der Waals surface area contributed by atoms with Crippen LogP contribution in [0.25, 0.3) is 17.0 Å². The van der Waals surface area contributed by atoms with E-state index in [0.717, 1.165) is 22.3 Å². The third-order valence-corrected chi connectivity index (χ3v) is 4.11. The van der Waals surface area contributed by atoms with Gasteiger partial charge in [0.15, 0.2) is 6.61 Å². The van der Waals surface area contributed by atoms with Crippen molar-refractivity contribution in [3.8, 4) is 11.8 Å². The van der Waals surface area contributed by atoms with Crippen LogP contribution in [0.15, 0.2) is 59.0 Å². The van der Waals surface area contributed by atoms with Crippen LogP contribution in [0.1, 0.15) is 23.8 Å². The summed E-state index contributed by atoms with van der Waals surface area (Å²) in [5.74, 6) is 0.239. The van der Waals surface area contributed by atoms with Gasteiger partial charge in [-0.3, -0.25) is 20.4 Å². The first-order chi connectivity index (χ1) is 14.1. The maximum absolute atomic E-state index is 12.0. The monoisotopic (exact) mass is 389 g/mol. The van der Waals surface area contributed by atoms with E-state index in [4.69, 9.17) is 14.4 Å². The molecule has 0 unspecified atom stereocenters. The molecule has 2 amide bonds. The van der Waals surface area contributed by atoms with E-state index < -0.39 is 11.8 Å². The number of nitriles is 1. The first-order valence-corrected chi connectivity index (χ1v) is 9.01. The third kappa shape index (κ3) is 5.02. The van der Waals surface area contributed by atoms with E-state index in [2.05, 4.69) is 10.9 Å². The largest absolute Gasteiger partial charge is 0.484 e. The van der Waals surface area contributed by atoms with Crippen molar-refractivity contribution in [3.05, 3.63) is 71.5 Å². The standard InChI is InChI=1S/C22H19N3O4/c1-2-19-18(17-5-3-4-6-20(17)29-19)11-12-21(26)24-25-22(27)14-28-16-9-7-15(13-23)8-10-16/h3-12H,2,14H2,1H3,(H,24,26)(H,25,27)/b12-11+. The molecule has 146 valence electrons. The van der Waals surface area contributed by atoms with Crippen LogP contribution in [0.2, 0.25) is 0 Å². The molecule has 0 saturated carbocycles. The molecule has 0 aliphatic rings. The van der Waals surface area contributed by atoms with E-state index in [1.165, 1.54) is 6.08 Å². The van der Waals surface area contributed by atoms with E-state index in [1.54, 1.807) is 30.3 Å². The van der Waals surface area contributed by atoms with Gasteiger partial charge in [-0.15, -0.1) is 0 Å². The van der Waals surface area contributed by atoms with Gasteiger partial charge in [0.05, 0.1) is 11.6 Å². The summed E-state index contributed by atoms with van der Waals surface area (Å²) in [4.78, 5) is 23.8. The molecule has 1 aromatic heterocycles. The van der Waals surface area contributed by atoms with Gasteiger partial charge in [0, 0.05) is 23.4 Å². The molecule has 7 heteroatoms. The Bertz CT molecular complexity index is 1090. The molecule has 3 rings (SSSR count). The maximum atomic E-state index is 12.0. The summed E-state index contributed by atoms with van der Waals surface area (Å²) in [5.41, 5.74) is 6.69. The van der Waals surface area contributed by atoms with Crippen molar-refractivity contribution < 1.29 is 18.7 Å². The van der Waals surface area contributed by atoms with E-state index in [-0.39, 0.29) is 6.61 Å². The van der Waals surface area contributed by atoms with Gasteiger partial charge in [0.1, 0.15) is 17.1 Å². The van der Waals surface area contributed by atoms with Crippen LogP contribution in [0.5, 0.6) is 5.75 Å². The first kappa shape index (κ1) is 19.7. The highest BCUT2D eigenvalue weighted by Crippen LogP contribution is 2.27. The lowest BCUT2D eigenvalue weighted by atomic mass is 10.1.